The predicted molar refractivity (Wildman–Crippen MR) is 163 cm³/mol. The number of rotatable bonds is 12. The highest BCUT2D eigenvalue weighted by Gasteiger charge is 2.52. The van der Waals surface area contributed by atoms with Gasteiger partial charge in [-0.15, -0.1) is 6.58 Å². The Morgan fingerprint density at radius 2 is 1.47 bits per heavy atom. The highest BCUT2D eigenvalue weighted by atomic mass is 28.4. The lowest BCUT2D eigenvalue weighted by atomic mass is 9.66. The average molecular weight is 535 g/mol. The highest BCUT2D eigenvalue weighted by molar-refractivity contribution is 6.99. The van der Waals surface area contributed by atoms with Gasteiger partial charge >= 0.3 is 0 Å². The van der Waals surface area contributed by atoms with Gasteiger partial charge < -0.3 is 13.9 Å². The third kappa shape index (κ3) is 6.42. The molecule has 2 aromatic carbocycles. The molecule has 0 heterocycles. The lowest BCUT2D eigenvalue weighted by Gasteiger charge is -2.47. The zero-order valence-electron chi connectivity index (χ0n) is 24.9. The normalized spacial score (nSPS) is 21.4. The average Bonchev–Trinajstić information content (AvgIpc) is 2.89. The zero-order chi connectivity index (χ0) is 27.9. The van der Waals surface area contributed by atoms with E-state index in [1.165, 1.54) is 15.9 Å². The molecule has 4 atom stereocenters. The van der Waals surface area contributed by atoms with Gasteiger partial charge in [0, 0.05) is 26.2 Å². The van der Waals surface area contributed by atoms with Crippen molar-refractivity contribution in [2.24, 2.45) is 23.7 Å². The first-order valence-corrected chi connectivity index (χ1v) is 16.1. The first kappa shape index (κ1) is 30.6. The van der Waals surface area contributed by atoms with E-state index in [9.17, 15) is 0 Å². The Labute approximate surface area is 233 Å². The van der Waals surface area contributed by atoms with Crippen molar-refractivity contribution in [3.05, 3.63) is 85.0 Å². The molecule has 1 aliphatic carbocycles. The fourth-order valence-corrected chi connectivity index (χ4v) is 11.4. The largest absolute Gasteiger partial charge is 0.404 e. The van der Waals surface area contributed by atoms with Crippen LogP contribution in [0.4, 0.5) is 0 Å². The first-order valence-electron chi connectivity index (χ1n) is 14.2. The fraction of sp³-hybridized carbons (Fsp3) is 0.529. The molecule has 2 aromatic rings. The van der Waals surface area contributed by atoms with Gasteiger partial charge in [0.1, 0.15) is 0 Å². The van der Waals surface area contributed by atoms with Crippen molar-refractivity contribution < 1.29 is 13.9 Å². The number of hydrogen-bond acceptors (Lipinski definition) is 3. The van der Waals surface area contributed by atoms with Gasteiger partial charge in [0.15, 0.2) is 6.29 Å². The quantitative estimate of drug-likeness (QED) is 0.162. The van der Waals surface area contributed by atoms with Crippen LogP contribution in [0.1, 0.15) is 60.8 Å². The summed E-state index contributed by atoms with van der Waals surface area (Å²) in [5.74, 6) is 1.61. The number of ether oxygens (including phenoxy) is 2. The fourth-order valence-electron chi connectivity index (χ4n) is 6.70. The maximum absolute atomic E-state index is 7.62. The molecule has 0 unspecified atom stereocenters. The molecule has 3 nitrogen and oxygen atoms in total. The molecule has 0 aliphatic heterocycles. The molecule has 0 aromatic heterocycles. The second-order valence-corrected chi connectivity index (χ2v) is 16.5. The van der Waals surface area contributed by atoms with Crippen molar-refractivity contribution in [1.82, 2.24) is 0 Å². The lowest BCUT2D eigenvalue weighted by molar-refractivity contribution is -0.168. The molecule has 3 rings (SSSR count). The molecule has 0 saturated heterocycles. The Balaban J connectivity index is 2.12. The van der Waals surface area contributed by atoms with Crippen LogP contribution in [-0.2, 0) is 13.9 Å². The summed E-state index contributed by atoms with van der Waals surface area (Å²) in [5, 5.41) is 2.55. The van der Waals surface area contributed by atoms with Crippen LogP contribution >= 0.6 is 0 Å². The van der Waals surface area contributed by atoms with Gasteiger partial charge in [0.25, 0.3) is 8.32 Å². The Kier molecular flexibility index (Phi) is 10.8. The standard InChI is InChI=1S/C34H50O3Si/c1-10-17-27(24-31-26(4)22-23-30(25(2)3)32(31)33(35-8)36-9)37-38(34(5,6)7,28-18-13-11-14-19-28)29-20-15-12-16-21-29/h10-16,18-22,25,27,30-33H,1,17,23-24H2,2-9H3/t27-,30-,31+,32+/m1/s1. The molecule has 0 fully saturated rings. The maximum Gasteiger partial charge on any atom is 0.261 e. The van der Waals surface area contributed by atoms with Crippen LogP contribution in [0.2, 0.25) is 5.04 Å². The molecule has 4 heteroatoms. The summed E-state index contributed by atoms with van der Waals surface area (Å²) in [5.41, 5.74) is 1.42. The van der Waals surface area contributed by atoms with Crippen LogP contribution in [0.15, 0.2) is 85.0 Å². The third-order valence-electron chi connectivity index (χ3n) is 8.60. The molecular formula is C34H50O3Si. The topological polar surface area (TPSA) is 27.7 Å². The minimum Gasteiger partial charge on any atom is -0.404 e. The van der Waals surface area contributed by atoms with Gasteiger partial charge in [-0.05, 0) is 59.4 Å². The van der Waals surface area contributed by atoms with E-state index in [1.54, 1.807) is 14.2 Å². The minimum atomic E-state index is -2.69. The van der Waals surface area contributed by atoms with E-state index in [0.717, 1.165) is 19.3 Å². The van der Waals surface area contributed by atoms with Crippen molar-refractivity contribution in [2.45, 2.75) is 78.2 Å². The number of benzene rings is 2. The molecule has 0 radical (unpaired) electrons. The van der Waals surface area contributed by atoms with Crippen molar-refractivity contribution in [3.8, 4) is 0 Å². The molecule has 208 valence electrons. The van der Waals surface area contributed by atoms with E-state index in [4.69, 9.17) is 13.9 Å². The first-order chi connectivity index (χ1) is 18.1. The van der Waals surface area contributed by atoms with Crippen LogP contribution in [0, 0.1) is 23.7 Å². The monoisotopic (exact) mass is 534 g/mol. The van der Waals surface area contributed by atoms with E-state index in [2.05, 4.69) is 115 Å². The van der Waals surface area contributed by atoms with Crippen molar-refractivity contribution in [2.75, 3.05) is 14.2 Å². The molecule has 0 bridgehead atoms. The predicted octanol–water partition coefficient (Wildman–Crippen LogP) is 7.37. The number of allylic oxidation sites excluding steroid dienone is 2. The minimum absolute atomic E-state index is 0.0231. The molecule has 1 aliphatic rings. The highest BCUT2D eigenvalue weighted by Crippen LogP contribution is 2.45. The summed E-state index contributed by atoms with van der Waals surface area (Å²) in [7, 11) is 0.858. The molecule has 0 amide bonds. The van der Waals surface area contributed by atoms with Crippen LogP contribution in [0.5, 0.6) is 0 Å². The summed E-state index contributed by atoms with van der Waals surface area (Å²) >= 11 is 0. The second kappa shape index (κ2) is 13.4. The smallest absolute Gasteiger partial charge is 0.261 e. The Hall–Kier alpha value is -1.98. The summed E-state index contributed by atoms with van der Waals surface area (Å²) in [6.07, 6.45) is 7.04. The van der Waals surface area contributed by atoms with Gasteiger partial charge in [-0.1, -0.05) is 113 Å². The van der Waals surface area contributed by atoms with Crippen molar-refractivity contribution in [1.29, 1.82) is 0 Å². The molecule has 38 heavy (non-hydrogen) atoms. The SMILES string of the molecule is C=CC[C@H](C[C@H]1C(C)=CC[C@H](C(C)C)[C@@H]1C(OC)OC)O[Si](c1ccccc1)(c1ccccc1)C(C)(C)C. The molecule has 0 saturated carbocycles. The molecular weight excluding hydrogens is 484 g/mol. The van der Waals surface area contributed by atoms with Gasteiger partial charge in [0.05, 0.1) is 0 Å². The van der Waals surface area contributed by atoms with Gasteiger partial charge in [-0.3, -0.25) is 0 Å². The van der Waals surface area contributed by atoms with Crippen LogP contribution in [0.25, 0.3) is 0 Å². The zero-order valence-corrected chi connectivity index (χ0v) is 25.9. The van der Waals surface area contributed by atoms with Gasteiger partial charge in [-0.2, -0.15) is 0 Å². The van der Waals surface area contributed by atoms with Crippen molar-refractivity contribution >= 4 is 18.7 Å². The third-order valence-corrected chi connectivity index (χ3v) is 13.7. The number of methoxy groups -OCH3 is 2. The Morgan fingerprint density at radius 1 is 0.947 bits per heavy atom. The van der Waals surface area contributed by atoms with Crippen LogP contribution < -0.4 is 10.4 Å². The number of hydrogen-bond donors (Lipinski definition) is 0. The van der Waals surface area contributed by atoms with Gasteiger partial charge in [-0.25, -0.2) is 0 Å². The summed E-state index contributed by atoms with van der Waals surface area (Å²) < 4.78 is 19.5. The Bertz CT molecular complexity index is 981. The molecule has 0 N–H and O–H groups in total. The lowest BCUT2D eigenvalue weighted by Crippen LogP contribution is -2.67. The summed E-state index contributed by atoms with van der Waals surface area (Å²) in [6.45, 7) is 18.1. The summed E-state index contributed by atoms with van der Waals surface area (Å²) in [4.78, 5) is 0. The van der Waals surface area contributed by atoms with E-state index in [0.29, 0.717) is 17.8 Å². The second-order valence-electron chi connectivity index (χ2n) is 12.3. The van der Waals surface area contributed by atoms with Crippen LogP contribution in [-0.4, -0.2) is 34.9 Å². The van der Waals surface area contributed by atoms with E-state index < -0.39 is 8.32 Å². The van der Waals surface area contributed by atoms with Crippen LogP contribution in [0.3, 0.4) is 0 Å². The van der Waals surface area contributed by atoms with E-state index in [-0.39, 0.29) is 23.4 Å². The molecule has 0 spiro atoms. The maximum atomic E-state index is 7.62. The Morgan fingerprint density at radius 3 is 1.89 bits per heavy atom. The van der Waals surface area contributed by atoms with Gasteiger partial charge in [0.2, 0.25) is 0 Å². The summed E-state index contributed by atoms with van der Waals surface area (Å²) in [6, 6.07) is 21.9. The van der Waals surface area contributed by atoms with Crippen molar-refractivity contribution in [3.63, 3.8) is 0 Å². The van der Waals surface area contributed by atoms with E-state index >= 15 is 0 Å². The van der Waals surface area contributed by atoms with E-state index in [1.807, 2.05) is 6.08 Å².